The quantitative estimate of drug-likeness (QED) is 0.507. The maximum Gasteiger partial charge on any atom is 0.182 e. The van der Waals surface area contributed by atoms with E-state index in [1.807, 2.05) is 0 Å². The van der Waals surface area contributed by atoms with Gasteiger partial charge in [-0.2, -0.15) is 0 Å². The van der Waals surface area contributed by atoms with Crippen LogP contribution in [0.15, 0.2) is 30.3 Å². The van der Waals surface area contributed by atoms with Crippen molar-refractivity contribution in [1.82, 2.24) is 9.55 Å². The van der Waals surface area contributed by atoms with Crippen molar-refractivity contribution in [3.8, 4) is 5.69 Å². The van der Waals surface area contributed by atoms with Gasteiger partial charge in [-0.3, -0.25) is 4.57 Å². The van der Waals surface area contributed by atoms with Gasteiger partial charge in [-0.25, -0.2) is 13.2 Å². The summed E-state index contributed by atoms with van der Waals surface area (Å²) in [4.78, 5) is 2.82. The first-order valence-electron chi connectivity index (χ1n) is 5.53. The summed E-state index contributed by atoms with van der Waals surface area (Å²) in [6.45, 7) is 0. The Morgan fingerprint density at radius 1 is 1.05 bits per heavy atom. The average molecular weight is 315 g/mol. The Labute approximate surface area is 121 Å². The molecule has 102 valence electrons. The summed E-state index contributed by atoms with van der Waals surface area (Å²) in [5, 5.41) is 0.398. The molecule has 1 aromatic heterocycles. The van der Waals surface area contributed by atoms with Crippen LogP contribution in [0, 0.1) is 22.2 Å². The predicted octanol–water partition coefficient (Wildman–Crippen LogP) is 4.76. The Bertz CT molecular complexity index is 885. The molecule has 0 fully saturated rings. The minimum absolute atomic E-state index is 0.137. The fraction of sp³-hybridized carbons (Fsp3) is 0. The largest absolute Gasteiger partial charge is 0.329 e. The molecule has 0 aliphatic heterocycles. The summed E-state index contributed by atoms with van der Waals surface area (Å²) >= 11 is 11.1. The SMILES string of the molecule is Fc1cc(F)c(-n2c(=S)[nH]c3c(Cl)cccc32)cc1F. The summed E-state index contributed by atoms with van der Waals surface area (Å²) in [5.41, 5.74) is 0.804. The Hall–Kier alpha value is -1.79. The van der Waals surface area contributed by atoms with E-state index < -0.39 is 17.5 Å². The van der Waals surface area contributed by atoms with E-state index in [2.05, 4.69) is 4.98 Å². The topological polar surface area (TPSA) is 20.7 Å². The van der Waals surface area contributed by atoms with Crippen LogP contribution in [0.5, 0.6) is 0 Å². The fourth-order valence-corrected chi connectivity index (χ4v) is 2.53. The van der Waals surface area contributed by atoms with Crippen molar-refractivity contribution in [3.05, 3.63) is 57.6 Å². The van der Waals surface area contributed by atoms with Crippen LogP contribution in [0.3, 0.4) is 0 Å². The van der Waals surface area contributed by atoms with Gasteiger partial charge in [-0.15, -0.1) is 0 Å². The van der Waals surface area contributed by atoms with Gasteiger partial charge < -0.3 is 4.98 Å². The molecule has 20 heavy (non-hydrogen) atoms. The molecular formula is C13H6ClF3N2S. The second-order valence-electron chi connectivity index (χ2n) is 4.12. The summed E-state index contributed by atoms with van der Waals surface area (Å²) in [5.74, 6) is -3.32. The lowest BCUT2D eigenvalue weighted by Crippen LogP contribution is -2.00. The number of halogens is 4. The molecule has 3 rings (SSSR count). The second kappa shape index (κ2) is 4.64. The van der Waals surface area contributed by atoms with Crippen molar-refractivity contribution >= 4 is 34.9 Å². The first kappa shape index (κ1) is 13.2. The number of aromatic nitrogens is 2. The van der Waals surface area contributed by atoms with Crippen molar-refractivity contribution in [2.45, 2.75) is 0 Å². The van der Waals surface area contributed by atoms with E-state index in [1.165, 1.54) is 4.57 Å². The Kier molecular flexibility index (Phi) is 3.07. The summed E-state index contributed by atoms with van der Waals surface area (Å²) in [7, 11) is 0. The molecule has 2 nitrogen and oxygen atoms in total. The minimum Gasteiger partial charge on any atom is -0.329 e. The van der Waals surface area contributed by atoms with Gasteiger partial charge in [0.05, 0.1) is 21.7 Å². The van der Waals surface area contributed by atoms with Gasteiger partial charge >= 0.3 is 0 Å². The second-order valence-corrected chi connectivity index (χ2v) is 4.91. The number of hydrogen-bond acceptors (Lipinski definition) is 1. The number of hydrogen-bond donors (Lipinski definition) is 1. The molecule has 7 heteroatoms. The maximum atomic E-state index is 13.9. The highest BCUT2D eigenvalue weighted by Crippen LogP contribution is 2.27. The zero-order valence-electron chi connectivity index (χ0n) is 9.75. The minimum atomic E-state index is -1.25. The molecule has 0 saturated heterocycles. The van der Waals surface area contributed by atoms with E-state index in [0.29, 0.717) is 22.1 Å². The van der Waals surface area contributed by atoms with Crippen LogP contribution >= 0.6 is 23.8 Å². The van der Waals surface area contributed by atoms with E-state index in [1.54, 1.807) is 18.2 Å². The van der Waals surface area contributed by atoms with E-state index in [4.69, 9.17) is 23.8 Å². The van der Waals surface area contributed by atoms with Gasteiger partial charge in [-0.1, -0.05) is 17.7 Å². The molecule has 2 aromatic carbocycles. The monoisotopic (exact) mass is 314 g/mol. The average Bonchev–Trinajstić information content (AvgIpc) is 2.72. The van der Waals surface area contributed by atoms with E-state index >= 15 is 0 Å². The van der Waals surface area contributed by atoms with Gasteiger partial charge in [0.2, 0.25) is 0 Å². The van der Waals surface area contributed by atoms with Crippen LogP contribution in [0.2, 0.25) is 5.02 Å². The Balaban J connectivity index is 2.41. The molecule has 0 amide bonds. The number of fused-ring (bicyclic) bond motifs is 1. The van der Waals surface area contributed by atoms with Crippen LogP contribution in [0.25, 0.3) is 16.7 Å². The van der Waals surface area contributed by atoms with Crippen molar-refractivity contribution < 1.29 is 13.2 Å². The molecular weight excluding hydrogens is 309 g/mol. The van der Waals surface area contributed by atoms with Crippen molar-refractivity contribution in [1.29, 1.82) is 0 Å². The molecule has 3 aromatic rings. The third kappa shape index (κ3) is 1.92. The molecule has 0 unspecified atom stereocenters. The molecule has 0 spiro atoms. The molecule has 0 atom stereocenters. The van der Waals surface area contributed by atoms with Crippen molar-refractivity contribution in [3.63, 3.8) is 0 Å². The normalized spacial score (nSPS) is 11.2. The standard InChI is InChI=1S/C13H6ClF3N2S/c14-6-2-1-3-10-12(6)18-13(20)19(10)11-5-8(16)7(15)4-9(11)17/h1-5H,(H,18,20). The zero-order valence-corrected chi connectivity index (χ0v) is 11.3. The van der Waals surface area contributed by atoms with E-state index in [-0.39, 0.29) is 10.5 Å². The lowest BCUT2D eigenvalue weighted by molar-refractivity contribution is 0.493. The number of para-hydroxylation sites is 1. The fourth-order valence-electron chi connectivity index (χ4n) is 2.02. The lowest BCUT2D eigenvalue weighted by Gasteiger charge is -2.07. The van der Waals surface area contributed by atoms with Crippen LogP contribution in [-0.2, 0) is 0 Å². The summed E-state index contributed by atoms with van der Waals surface area (Å²) in [6.07, 6.45) is 0. The number of benzene rings is 2. The van der Waals surface area contributed by atoms with E-state index in [0.717, 1.165) is 6.07 Å². The molecule has 1 heterocycles. The molecule has 0 aliphatic carbocycles. The number of nitrogens with one attached hydrogen (secondary N) is 1. The highest BCUT2D eigenvalue weighted by atomic mass is 35.5. The molecule has 0 bridgehead atoms. The lowest BCUT2D eigenvalue weighted by atomic mass is 10.2. The highest BCUT2D eigenvalue weighted by Gasteiger charge is 2.15. The highest BCUT2D eigenvalue weighted by molar-refractivity contribution is 7.71. The zero-order chi connectivity index (χ0) is 14.4. The van der Waals surface area contributed by atoms with Gasteiger partial charge in [0.1, 0.15) is 5.82 Å². The van der Waals surface area contributed by atoms with Gasteiger partial charge in [-0.05, 0) is 24.4 Å². The summed E-state index contributed by atoms with van der Waals surface area (Å²) in [6, 6.07) is 6.18. The molecule has 0 aliphatic rings. The van der Waals surface area contributed by atoms with Gasteiger partial charge in [0.25, 0.3) is 0 Å². The van der Waals surface area contributed by atoms with Crippen LogP contribution < -0.4 is 0 Å². The maximum absolute atomic E-state index is 13.9. The molecule has 1 N–H and O–H groups in total. The third-order valence-corrected chi connectivity index (χ3v) is 3.50. The van der Waals surface area contributed by atoms with Gasteiger partial charge in [0.15, 0.2) is 16.4 Å². The number of nitrogens with zero attached hydrogens (tertiary/aromatic N) is 1. The van der Waals surface area contributed by atoms with Crippen LogP contribution in [0.1, 0.15) is 0 Å². The number of rotatable bonds is 1. The predicted molar refractivity (Wildman–Crippen MR) is 73.3 cm³/mol. The number of imidazole rings is 1. The van der Waals surface area contributed by atoms with Crippen molar-refractivity contribution in [2.24, 2.45) is 0 Å². The summed E-state index contributed by atoms with van der Waals surface area (Å²) < 4.78 is 41.6. The van der Waals surface area contributed by atoms with Crippen LogP contribution in [0.4, 0.5) is 13.2 Å². The molecule has 0 saturated carbocycles. The smallest absolute Gasteiger partial charge is 0.182 e. The Morgan fingerprint density at radius 2 is 1.75 bits per heavy atom. The number of aromatic amines is 1. The van der Waals surface area contributed by atoms with Gasteiger partial charge in [0, 0.05) is 12.1 Å². The van der Waals surface area contributed by atoms with Crippen molar-refractivity contribution in [2.75, 3.05) is 0 Å². The first-order chi connectivity index (χ1) is 9.49. The molecule has 0 radical (unpaired) electrons. The Morgan fingerprint density at radius 3 is 2.50 bits per heavy atom. The third-order valence-electron chi connectivity index (χ3n) is 2.90. The van der Waals surface area contributed by atoms with Crippen LogP contribution in [-0.4, -0.2) is 9.55 Å². The van der Waals surface area contributed by atoms with E-state index in [9.17, 15) is 13.2 Å². The number of H-pyrrole nitrogens is 1. The first-order valence-corrected chi connectivity index (χ1v) is 6.32.